The lowest BCUT2D eigenvalue weighted by Gasteiger charge is -2.14. The molecule has 0 aliphatic heterocycles. The van der Waals surface area contributed by atoms with Gasteiger partial charge in [-0.3, -0.25) is 0 Å². The molecule has 1 atom stereocenters. The highest BCUT2D eigenvalue weighted by Gasteiger charge is 2.13. The fourth-order valence-corrected chi connectivity index (χ4v) is 1.99. The van der Waals surface area contributed by atoms with Crippen LogP contribution >= 0.6 is 11.6 Å². The molecule has 5 nitrogen and oxygen atoms in total. The molecule has 0 fully saturated rings. The van der Waals surface area contributed by atoms with Crippen LogP contribution in [-0.2, 0) is 6.54 Å². The second-order valence-electron chi connectivity index (χ2n) is 4.11. The van der Waals surface area contributed by atoms with Gasteiger partial charge in [0.25, 0.3) is 0 Å². The van der Waals surface area contributed by atoms with Crippen molar-refractivity contribution in [3.05, 3.63) is 52.4 Å². The molecule has 1 aromatic heterocycles. The molecule has 6 heteroatoms. The van der Waals surface area contributed by atoms with Crippen molar-refractivity contribution in [3.8, 4) is 0 Å². The second-order valence-corrected chi connectivity index (χ2v) is 4.51. The third kappa shape index (κ3) is 3.33. The van der Waals surface area contributed by atoms with Crippen molar-refractivity contribution >= 4 is 17.6 Å². The van der Waals surface area contributed by atoms with Crippen molar-refractivity contribution in [2.75, 3.05) is 0 Å². The lowest BCUT2D eigenvalue weighted by molar-refractivity contribution is 0.0685. The summed E-state index contributed by atoms with van der Waals surface area (Å²) < 4.78 is 4.92. The van der Waals surface area contributed by atoms with E-state index < -0.39 is 5.97 Å². The molecular weight excluding hydrogens is 268 g/mol. The van der Waals surface area contributed by atoms with Crippen molar-refractivity contribution in [3.63, 3.8) is 0 Å². The maximum atomic E-state index is 10.7. The van der Waals surface area contributed by atoms with E-state index in [1.807, 2.05) is 31.2 Å². The Labute approximate surface area is 115 Å². The molecule has 1 aromatic carbocycles. The van der Waals surface area contributed by atoms with Gasteiger partial charge in [-0.2, -0.15) is 0 Å². The molecule has 0 bridgehead atoms. The van der Waals surface area contributed by atoms with Crippen LogP contribution in [0.5, 0.6) is 0 Å². The van der Waals surface area contributed by atoms with Crippen LogP contribution in [0.2, 0.25) is 5.02 Å². The van der Waals surface area contributed by atoms with E-state index in [0.717, 1.165) is 5.56 Å². The van der Waals surface area contributed by atoms with Crippen LogP contribution < -0.4 is 5.32 Å². The van der Waals surface area contributed by atoms with Crippen LogP contribution in [0.1, 0.15) is 34.8 Å². The van der Waals surface area contributed by atoms with Crippen LogP contribution in [0.25, 0.3) is 0 Å². The van der Waals surface area contributed by atoms with Gasteiger partial charge in [0, 0.05) is 17.1 Å². The summed E-state index contributed by atoms with van der Waals surface area (Å²) in [5, 5.41) is 16.1. The Balaban J connectivity index is 1.98. The number of rotatable bonds is 5. The van der Waals surface area contributed by atoms with Gasteiger partial charge in [0.15, 0.2) is 11.5 Å². The summed E-state index contributed by atoms with van der Waals surface area (Å²) in [6.07, 6.45) is 0. The zero-order valence-electron chi connectivity index (χ0n) is 10.3. The smallest absolute Gasteiger partial charge is 0.358 e. The van der Waals surface area contributed by atoms with Gasteiger partial charge in [0.2, 0.25) is 0 Å². The first-order chi connectivity index (χ1) is 9.08. The lowest BCUT2D eigenvalue weighted by atomic mass is 10.1. The normalized spacial score (nSPS) is 12.3. The molecular formula is C13H13ClN2O3. The Morgan fingerprint density at radius 3 is 2.89 bits per heavy atom. The third-order valence-electron chi connectivity index (χ3n) is 2.73. The van der Waals surface area contributed by atoms with Gasteiger partial charge in [-0.1, -0.05) is 35.0 Å². The SMILES string of the molecule is C[C@@H](NCc1cc(C(=O)O)no1)c1ccccc1Cl. The first-order valence-electron chi connectivity index (χ1n) is 5.74. The van der Waals surface area contributed by atoms with Crippen molar-refractivity contribution < 1.29 is 14.4 Å². The summed E-state index contributed by atoms with van der Waals surface area (Å²) >= 11 is 6.09. The Morgan fingerprint density at radius 1 is 1.53 bits per heavy atom. The Hall–Kier alpha value is -1.85. The van der Waals surface area contributed by atoms with E-state index in [-0.39, 0.29) is 11.7 Å². The van der Waals surface area contributed by atoms with E-state index >= 15 is 0 Å². The van der Waals surface area contributed by atoms with E-state index in [2.05, 4.69) is 10.5 Å². The molecule has 2 N–H and O–H groups in total. The molecule has 0 aliphatic rings. The van der Waals surface area contributed by atoms with E-state index in [1.54, 1.807) is 0 Å². The van der Waals surface area contributed by atoms with Gasteiger partial charge in [-0.25, -0.2) is 4.79 Å². The van der Waals surface area contributed by atoms with E-state index in [4.69, 9.17) is 21.2 Å². The maximum Gasteiger partial charge on any atom is 0.358 e. The van der Waals surface area contributed by atoms with Gasteiger partial charge in [-0.15, -0.1) is 0 Å². The van der Waals surface area contributed by atoms with Gasteiger partial charge in [0.1, 0.15) is 0 Å². The van der Waals surface area contributed by atoms with Gasteiger partial charge >= 0.3 is 5.97 Å². The van der Waals surface area contributed by atoms with Gasteiger partial charge in [-0.05, 0) is 18.6 Å². The summed E-state index contributed by atoms with van der Waals surface area (Å²) in [4.78, 5) is 10.7. The van der Waals surface area contributed by atoms with Crippen LogP contribution in [0, 0.1) is 0 Å². The van der Waals surface area contributed by atoms with E-state index in [9.17, 15) is 4.79 Å². The standard InChI is InChI=1S/C13H13ClN2O3/c1-8(10-4-2-3-5-11(10)14)15-7-9-6-12(13(17)18)16-19-9/h2-6,8,15H,7H2,1H3,(H,17,18)/t8-/m1/s1. The predicted octanol–water partition coefficient (Wildman–Crippen LogP) is 2.88. The minimum atomic E-state index is -1.10. The number of carboxylic acid groups (broad SMARTS) is 1. The average Bonchev–Trinajstić information content (AvgIpc) is 2.85. The molecule has 19 heavy (non-hydrogen) atoms. The highest BCUT2D eigenvalue weighted by atomic mass is 35.5. The number of benzene rings is 1. The number of hydrogen-bond donors (Lipinski definition) is 2. The number of nitrogens with one attached hydrogen (secondary N) is 1. The Morgan fingerprint density at radius 2 is 2.26 bits per heavy atom. The van der Waals surface area contributed by atoms with E-state index in [0.29, 0.717) is 17.3 Å². The first-order valence-corrected chi connectivity index (χ1v) is 6.12. The molecule has 0 saturated heterocycles. The van der Waals surface area contributed by atoms with Crippen molar-refractivity contribution in [1.29, 1.82) is 0 Å². The summed E-state index contributed by atoms with van der Waals surface area (Å²) in [7, 11) is 0. The molecule has 2 aromatic rings. The summed E-state index contributed by atoms with van der Waals surface area (Å²) in [5.41, 5.74) is 0.879. The minimum absolute atomic E-state index is 0.0204. The molecule has 0 spiro atoms. The van der Waals surface area contributed by atoms with Crippen LogP contribution in [0.3, 0.4) is 0 Å². The predicted molar refractivity (Wildman–Crippen MR) is 70.2 cm³/mol. The number of nitrogens with zero attached hydrogens (tertiary/aromatic N) is 1. The van der Waals surface area contributed by atoms with Crippen LogP contribution in [-0.4, -0.2) is 16.2 Å². The molecule has 0 radical (unpaired) electrons. The number of halogens is 1. The maximum absolute atomic E-state index is 10.7. The monoisotopic (exact) mass is 280 g/mol. The van der Waals surface area contributed by atoms with Crippen molar-refractivity contribution in [2.24, 2.45) is 0 Å². The summed E-state index contributed by atoms with van der Waals surface area (Å²) in [6.45, 7) is 2.35. The summed E-state index contributed by atoms with van der Waals surface area (Å²) in [6, 6.07) is 8.96. The highest BCUT2D eigenvalue weighted by molar-refractivity contribution is 6.31. The van der Waals surface area contributed by atoms with Crippen LogP contribution in [0.4, 0.5) is 0 Å². The number of hydrogen-bond acceptors (Lipinski definition) is 4. The van der Waals surface area contributed by atoms with Gasteiger partial charge < -0.3 is 14.9 Å². The molecule has 0 amide bonds. The Kier molecular flexibility index (Phi) is 4.19. The first kappa shape index (κ1) is 13.6. The van der Waals surface area contributed by atoms with Gasteiger partial charge in [0.05, 0.1) is 6.54 Å². The molecule has 1 heterocycles. The molecule has 100 valence electrons. The topological polar surface area (TPSA) is 75.4 Å². The molecule has 0 aliphatic carbocycles. The lowest BCUT2D eigenvalue weighted by Crippen LogP contribution is -2.18. The van der Waals surface area contributed by atoms with E-state index in [1.165, 1.54) is 6.07 Å². The van der Waals surface area contributed by atoms with Crippen molar-refractivity contribution in [1.82, 2.24) is 10.5 Å². The number of carbonyl (C=O) groups is 1. The minimum Gasteiger partial charge on any atom is -0.476 e. The van der Waals surface area contributed by atoms with Crippen molar-refractivity contribution in [2.45, 2.75) is 19.5 Å². The molecule has 0 unspecified atom stereocenters. The number of aromatic nitrogens is 1. The molecule has 2 rings (SSSR count). The summed E-state index contributed by atoms with van der Waals surface area (Å²) in [5.74, 6) is -0.634. The zero-order valence-corrected chi connectivity index (χ0v) is 11.0. The number of carboxylic acids is 1. The second kappa shape index (κ2) is 5.86. The third-order valence-corrected chi connectivity index (χ3v) is 3.08. The fourth-order valence-electron chi connectivity index (χ4n) is 1.69. The Bertz CT molecular complexity index is 583. The number of aromatic carboxylic acids is 1. The van der Waals surface area contributed by atoms with Crippen LogP contribution in [0.15, 0.2) is 34.9 Å². The largest absolute Gasteiger partial charge is 0.476 e. The molecule has 0 saturated carbocycles. The highest BCUT2D eigenvalue weighted by Crippen LogP contribution is 2.22. The average molecular weight is 281 g/mol. The zero-order chi connectivity index (χ0) is 13.8. The quantitative estimate of drug-likeness (QED) is 0.881. The fraction of sp³-hybridized carbons (Fsp3) is 0.231.